The normalized spacial score (nSPS) is 11.1. The number of hydrogen-bond acceptors (Lipinski definition) is 3. The highest BCUT2D eigenvalue weighted by Gasteiger charge is 2.21. The topological polar surface area (TPSA) is 76.3 Å². The summed E-state index contributed by atoms with van der Waals surface area (Å²) in [7, 11) is 0. The third-order valence-corrected chi connectivity index (χ3v) is 9.89. The zero-order valence-electron chi connectivity index (χ0n) is 27.3. The third-order valence-electron chi connectivity index (χ3n) is 9.89. The van der Waals surface area contributed by atoms with Gasteiger partial charge in [0.1, 0.15) is 12.1 Å². The molecule has 9 aromatic rings. The molecule has 0 amide bonds. The number of fused-ring (bicyclic) bond motifs is 5. The Morgan fingerprint density at radius 3 is 1.61 bits per heavy atom. The third kappa shape index (κ3) is 4.66. The molecule has 0 aliphatic heterocycles. The van der Waals surface area contributed by atoms with Crippen molar-refractivity contribution < 1.29 is 0 Å². The van der Waals surface area contributed by atoms with Crippen molar-refractivity contribution in [3.05, 3.63) is 174 Å². The van der Waals surface area contributed by atoms with Gasteiger partial charge >= 0.3 is 0 Å². The highest BCUT2D eigenvalue weighted by molar-refractivity contribution is 6.22. The highest BCUT2D eigenvalue weighted by atomic mass is 15.0. The second-order valence-electron chi connectivity index (χ2n) is 12.6. The zero-order chi connectivity index (χ0) is 34.5. The van der Waals surface area contributed by atoms with Gasteiger partial charge in [-0.15, -0.1) is 0 Å². The van der Waals surface area contributed by atoms with Crippen LogP contribution < -0.4 is 0 Å². The molecular weight excluding hydrogens is 621 g/mol. The Hall–Kier alpha value is -7.45. The largest absolute Gasteiger partial charge is 0.309 e. The molecule has 0 saturated carbocycles. The predicted octanol–water partition coefficient (Wildman–Crippen LogP) is 11.7. The maximum absolute atomic E-state index is 10.6. The van der Waals surface area contributed by atoms with Crippen LogP contribution in [0.3, 0.4) is 0 Å². The number of hydrogen-bond donors (Lipinski definition) is 0. The molecule has 0 unspecified atom stereocenters. The van der Waals surface area contributed by atoms with E-state index in [1.54, 1.807) is 0 Å². The summed E-state index contributed by atoms with van der Waals surface area (Å²) in [5, 5.41) is 36.8. The number of aromatic nitrogens is 1. The van der Waals surface area contributed by atoms with Crippen molar-refractivity contribution in [1.29, 1.82) is 15.8 Å². The Morgan fingerprint density at radius 1 is 0.392 bits per heavy atom. The van der Waals surface area contributed by atoms with Crippen LogP contribution in [0.25, 0.3) is 82.4 Å². The quantitative estimate of drug-likeness (QED) is 0.179. The summed E-state index contributed by atoms with van der Waals surface area (Å²) < 4.78 is 2.22. The first-order valence-electron chi connectivity index (χ1n) is 16.7. The molecule has 234 valence electrons. The van der Waals surface area contributed by atoms with Crippen LogP contribution in [-0.4, -0.2) is 4.57 Å². The average Bonchev–Trinajstić information content (AvgIpc) is 3.53. The Kier molecular flexibility index (Phi) is 6.93. The van der Waals surface area contributed by atoms with E-state index in [9.17, 15) is 15.8 Å². The van der Waals surface area contributed by atoms with E-state index in [0.29, 0.717) is 16.7 Å². The van der Waals surface area contributed by atoms with E-state index in [0.717, 1.165) is 82.4 Å². The molecule has 9 rings (SSSR count). The van der Waals surface area contributed by atoms with Crippen molar-refractivity contribution in [3.63, 3.8) is 0 Å². The molecule has 0 saturated heterocycles. The van der Waals surface area contributed by atoms with Gasteiger partial charge in [-0.3, -0.25) is 0 Å². The first-order valence-corrected chi connectivity index (χ1v) is 16.7. The molecule has 0 atom stereocenters. The number of nitrogens with zero attached hydrogens (tertiary/aromatic N) is 4. The maximum atomic E-state index is 10.6. The minimum atomic E-state index is 0.338. The monoisotopic (exact) mass is 646 g/mol. The van der Waals surface area contributed by atoms with Gasteiger partial charge < -0.3 is 4.57 Å². The lowest BCUT2D eigenvalue weighted by Crippen LogP contribution is -1.97. The SMILES string of the molecule is N#Cc1ccc2c(c1)c1ccccc1n2-c1ccc(-c2cc(C#N)c(C#N)c(-c3c4ccccc4c(-c4ccccc4)c4ccccc34)c2)cc1. The number of benzene rings is 8. The van der Waals surface area contributed by atoms with Crippen LogP contribution in [0, 0.1) is 34.0 Å². The first kappa shape index (κ1) is 29.7. The molecule has 1 aromatic heterocycles. The summed E-state index contributed by atoms with van der Waals surface area (Å²) in [5.74, 6) is 0. The van der Waals surface area contributed by atoms with E-state index >= 15 is 0 Å². The molecule has 51 heavy (non-hydrogen) atoms. The van der Waals surface area contributed by atoms with Crippen molar-refractivity contribution >= 4 is 43.4 Å². The summed E-state index contributed by atoms with van der Waals surface area (Å²) in [5.41, 5.74) is 10.1. The molecule has 0 aliphatic carbocycles. The van der Waals surface area contributed by atoms with Crippen molar-refractivity contribution in [1.82, 2.24) is 4.57 Å². The Balaban J connectivity index is 1.26. The second kappa shape index (κ2) is 11.9. The van der Waals surface area contributed by atoms with Gasteiger partial charge in [-0.1, -0.05) is 109 Å². The van der Waals surface area contributed by atoms with Gasteiger partial charge in [-0.25, -0.2) is 0 Å². The van der Waals surface area contributed by atoms with E-state index in [1.807, 2.05) is 54.6 Å². The Labute approximate surface area is 294 Å². The van der Waals surface area contributed by atoms with Crippen molar-refractivity contribution in [2.45, 2.75) is 0 Å². The van der Waals surface area contributed by atoms with Gasteiger partial charge in [0.15, 0.2) is 0 Å². The van der Waals surface area contributed by atoms with Gasteiger partial charge in [-0.2, -0.15) is 15.8 Å². The molecule has 0 fully saturated rings. The van der Waals surface area contributed by atoms with Crippen LogP contribution in [-0.2, 0) is 0 Å². The molecule has 1 heterocycles. The lowest BCUT2D eigenvalue weighted by molar-refractivity contribution is 1.18. The fraction of sp³-hybridized carbons (Fsp3) is 0. The van der Waals surface area contributed by atoms with Gasteiger partial charge in [0, 0.05) is 22.0 Å². The second-order valence-corrected chi connectivity index (χ2v) is 12.6. The summed E-state index contributed by atoms with van der Waals surface area (Å²) >= 11 is 0. The fourth-order valence-corrected chi connectivity index (χ4v) is 7.67. The summed E-state index contributed by atoms with van der Waals surface area (Å²) in [6.07, 6.45) is 0. The van der Waals surface area contributed by atoms with Crippen molar-refractivity contribution in [3.8, 4) is 57.3 Å². The van der Waals surface area contributed by atoms with Gasteiger partial charge in [-0.05, 0) is 97.9 Å². The molecule has 0 radical (unpaired) electrons. The Morgan fingerprint density at radius 2 is 0.980 bits per heavy atom. The molecular formula is C47H26N4. The fourth-order valence-electron chi connectivity index (χ4n) is 7.67. The van der Waals surface area contributed by atoms with Crippen molar-refractivity contribution in [2.75, 3.05) is 0 Å². The molecule has 4 heteroatoms. The van der Waals surface area contributed by atoms with E-state index < -0.39 is 0 Å². The van der Waals surface area contributed by atoms with E-state index in [-0.39, 0.29) is 0 Å². The molecule has 0 bridgehead atoms. The predicted molar refractivity (Wildman–Crippen MR) is 206 cm³/mol. The minimum Gasteiger partial charge on any atom is -0.309 e. The van der Waals surface area contributed by atoms with Crippen LogP contribution in [0.1, 0.15) is 16.7 Å². The lowest BCUT2D eigenvalue weighted by Gasteiger charge is -2.19. The minimum absolute atomic E-state index is 0.338. The lowest BCUT2D eigenvalue weighted by atomic mass is 9.83. The van der Waals surface area contributed by atoms with Crippen molar-refractivity contribution in [2.24, 2.45) is 0 Å². The summed E-state index contributed by atoms with van der Waals surface area (Å²) in [6.45, 7) is 0. The standard InChI is InChI=1S/C47H26N4/c48-27-30-18-23-45-41(24-30)36-12-8-9-17-44(36)51(45)35-21-19-31(20-22-35)33-25-34(28-49)43(29-50)42(26-33)47-39-15-6-4-13-37(39)46(32-10-2-1-3-11-32)38-14-5-7-16-40(38)47/h1-26H. The first-order chi connectivity index (χ1) is 25.2. The maximum Gasteiger partial charge on any atom is 0.101 e. The number of nitriles is 3. The molecule has 0 spiro atoms. The van der Waals surface area contributed by atoms with Gasteiger partial charge in [0.2, 0.25) is 0 Å². The summed E-state index contributed by atoms with van der Waals surface area (Å²) in [6, 6.07) is 60.3. The molecule has 4 nitrogen and oxygen atoms in total. The zero-order valence-corrected chi connectivity index (χ0v) is 27.3. The average molecular weight is 647 g/mol. The molecule has 0 aliphatic rings. The van der Waals surface area contributed by atoms with E-state index in [2.05, 4.69) is 126 Å². The van der Waals surface area contributed by atoms with Gasteiger partial charge in [0.25, 0.3) is 0 Å². The highest BCUT2D eigenvalue weighted by Crippen LogP contribution is 2.45. The van der Waals surface area contributed by atoms with Gasteiger partial charge in [0.05, 0.1) is 33.8 Å². The smallest absolute Gasteiger partial charge is 0.101 e. The molecule has 0 N–H and O–H groups in total. The van der Waals surface area contributed by atoms with Crippen LogP contribution in [0.15, 0.2) is 158 Å². The van der Waals surface area contributed by atoms with Crippen LogP contribution >= 0.6 is 0 Å². The van der Waals surface area contributed by atoms with E-state index in [4.69, 9.17) is 0 Å². The van der Waals surface area contributed by atoms with Crippen LogP contribution in [0.2, 0.25) is 0 Å². The molecule has 8 aromatic carbocycles. The number of rotatable bonds is 4. The summed E-state index contributed by atoms with van der Waals surface area (Å²) in [4.78, 5) is 0. The van der Waals surface area contributed by atoms with Crippen LogP contribution in [0.4, 0.5) is 0 Å². The van der Waals surface area contributed by atoms with E-state index in [1.165, 1.54) is 0 Å². The van der Waals surface area contributed by atoms with Crippen LogP contribution in [0.5, 0.6) is 0 Å². The Bertz CT molecular complexity index is 2930. The number of para-hydroxylation sites is 1.